The van der Waals surface area contributed by atoms with Crippen molar-refractivity contribution in [2.75, 3.05) is 0 Å². The van der Waals surface area contributed by atoms with Crippen molar-refractivity contribution >= 4 is 53.2 Å². The standard InChI is InChI=1S/C13H14Br2N2O2S2/c1-3-11(13-16-4-5-20-13)17-21(18,19)12-7-9(14)8(2)6-10(12)15/h4-7,11,17H,3H2,1-2H3. The molecule has 1 heterocycles. The minimum Gasteiger partial charge on any atom is -0.248 e. The molecule has 0 saturated heterocycles. The van der Waals surface area contributed by atoms with Crippen LogP contribution in [0.25, 0.3) is 0 Å². The van der Waals surface area contributed by atoms with E-state index in [-0.39, 0.29) is 10.9 Å². The number of benzene rings is 1. The molecule has 1 aromatic carbocycles. The maximum absolute atomic E-state index is 12.6. The van der Waals surface area contributed by atoms with Crippen LogP contribution in [0.5, 0.6) is 0 Å². The van der Waals surface area contributed by atoms with Crippen LogP contribution < -0.4 is 4.72 Å². The average molecular weight is 454 g/mol. The van der Waals surface area contributed by atoms with Crippen molar-refractivity contribution in [1.82, 2.24) is 9.71 Å². The maximum atomic E-state index is 12.6. The van der Waals surface area contributed by atoms with Crippen molar-refractivity contribution in [1.29, 1.82) is 0 Å². The Morgan fingerprint density at radius 2 is 2.05 bits per heavy atom. The van der Waals surface area contributed by atoms with E-state index in [2.05, 4.69) is 41.6 Å². The molecule has 0 amide bonds. The van der Waals surface area contributed by atoms with Gasteiger partial charge in [-0.3, -0.25) is 0 Å². The first-order valence-corrected chi connectivity index (χ1v) is 10.2. The first kappa shape index (κ1) is 17.1. The van der Waals surface area contributed by atoms with Crippen LogP contribution in [-0.2, 0) is 10.0 Å². The Labute approximate surface area is 145 Å². The minimum absolute atomic E-state index is 0.218. The fourth-order valence-corrected chi connectivity index (χ4v) is 5.61. The summed E-state index contributed by atoms with van der Waals surface area (Å²) in [7, 11) is -3.63. The van der Waals surface area contributed by atoms with Crippen molar-refractivity contribution in [3.8, 4) is 0 Å². The molecule has 0 aliphatic carbocycles. The van der Waals surface area contributed by atoms with Gasteiger partial charge in [0.2, 0.25) is 10.0 Å². The van der Waals surface area contributed by atoms with Gasteiger partial charge in [-0.05, 0) is 47.0 Å². The van der Waals surface area contributed by atoms with Gasteiger partial charge in [0.25, 0.3) is 0 Å². The van der Waals surface area contributed by atoms with Crippen LogP contribution >= 0.6 is 43.2 Å². The van der Waals surface area contributed by atoms with Gasteiger partial charge in [0.1, 0.15) is 5.01 Å². The Balaban J connectivity index is 2.36. The van der Waals surface area contributed by atoms with E-state index in [1.54, 1.807) is 18.3 Å². The summed E-state index contributed by atoms with van der Waals surface area (Å²) < 4.78 is 29.2. The van der Waals surface area contributed by atoms with E-state index in [0.717, 1.165) is 15.0 Å². The summed E-state index contributed by atoms with van der Waals surface area (Å²) in [5, 5.41) is 2.60. The predicted octanol–water partition coefficient (Wildman–Crippen LogP) is 4.41. The highest BCUT2D eigenvalue weighted by Gasteiger charge is 2.24. The lowest BCUT2D eigenvalue weighted by Crippen LogP contribution is -2.28. The Morgan fingerprint density at radius 3 is 2.62 bits per heavy atom. The number of halogens is 2. The molecular weight excluding hydrogens is 440 g/mol. The molecular formula is C13H14Br2N2O2S2. The smallest absolute Gasteiger partial charge is 0.242 e. The molecule has 4 nitrogen and oxygen atoms in total. The Kier molecular flexibility index (Phi) is 5.59. The van der Waals surface area contributed by atoms with E-state index in [1.165, 1.54) is 11.3 Å². The van der Waals surface area contributed by atoms with Gasteiger partial charge >= 0.3 is 0 Å². The Bertz CT molecular complexity index is 731. The number of aryl methyl sites for hydroxylation is 1. The molecule has 1 atom stereocenters. The third-order valence-corrected chi connectivity index (χ3v) is 7.13. The van der Waals surface area contributed by atoms with Crippen LogP contribution in [0.4, 0.5) is 0 Å². The van der Waals surface area contributed by atoms with Gasteiger partial charge in [0, 0.05) is 20.5 Å². The van der Waals surface area contributed by atoms with Gasteiger partial charge in [-0.15, -0.1) is 11.3 Å². The van der Waals surface area contributed by atoms with Crippen molar-refractivity contribution in [2.45, 2.75) is 31.2 Å². The topological polar surface area (TPSA) is 59.1 Å². The molecule has 0 aliphatic heterocycles. The van der Waals surface area contributed by atoms with Gasteiger partial charge in [0.15, 0.2) is 0 Å². The van der Waals surface area contributed by atoms with Gasteiger partial charge in [-0.1, -0.05) is 22.9 Å². The number of nitrogens with zero attached hydrogens (tertiary/aromatic N) is 1. The molecule has 21 heavy (non-hydrogen) atoms. The molecule has 0 spiro atoms. The number of sulfonamides is 1. The van der Waals surface area contributed by atoms with E-state index in [4.69, 9.17) is 0 Å². The van der Waals surface area contributed by atoms with Gasteiger partial charge < -0.3 is 0 Å². The summed E-state index contributed by atoms with van der Waals surface area (Å²) in [5.41, 5.74) is 0.966. The number of rotatable bonds is 5. The van der Waals surface area contributed by atoms with Crippen molar-refractivity contribution < 1.29 is 8.42 Å². The predicted molar refractivity (Wildman–Crippen MR) is 92.0 cm³/mol. The summed E-state index contributed by atoms with van der Waals surface area (Å²) >= 11 is 8.14. The monoisotopic (exact) mass is 452 g/mol. The number of hydrogen-bond acceptors (Lipinski definition) is 4. The lowest BCUT2D eigenvalue weighted by atomic mass is 10.2. The normalized spacial score (nSPS) is 13.3. The lowest BCUT2D eigenvalue weighted by molar-refractivity contribution is 0.548. The SMILES string of the molecule is CCC(NS(=O)(=O)c1cc(Br)c(C)cc1Br)c1nccs1. The Hall–Kier alpha value is -0.280. The van der Waals surface area contributed by atoms with E-state index in [1.807, 2.05) is 19.2 Å². The second kappa shape index (κ2) is 6.87. The van der Waals surface area contributed by atoms with Crippen LogP contribution in [0.15, 0.2) is 37.6 Å². The van der Waals surface area contributed by atoms with E-state index in [0.29, 0.717) is 10.9 Å². The van der Waals surface area contributed by atoms with E-state index >= 15 is 0 Å². The van der Waals surface area contributed by atoms with Crippen molar-refractivity contribution in [3.63, 3.8) is 0 Å². The third kappa shape index (κ3) is 3.92. The van der Waals surface area contributed by atoms with Crippen LogP contribution in [0.1, 0.15) is 30.0 Å². The minimum atomic E-state index is -3.63. The molecule has 0 bridgehead atoms. The van der Waals surface area contributed by atoms with Crippen molar-refractivity contribution in [2.24, 2.45) is 0 Å². The molecule has 1 N–H and O–H groups in total. The molecule has 0 aliphatic rings. The Morgan fingerprint density at radius 1 is 1.33 bits per heavy atom. The van der Waals surface area contributed by atoms with E-state index < -0.39 is 10.0 Å². The van der Waals surface area contributed by atoms with Crippen LogP contribution in [-0.4, -0.2) is 13.4 Å². The third-order valence-electron chi connectivity index (χ3n) is 2.96. The summed E-state index contributed by atoms with van der Waals surface area (Å²) in [4.78, 5) is 4.41. The summed E-state index contributed by atoms with van der Waals surface area (Å²) in [6, 6.07) is 3.07. The highest BCUT2D eigenvalue weighted by Crippen LogP contribution is 2.30. The highest BCUT2D eigenvalue weighted by atomic mass is 79.9. The molecule has 2 rings (SSSR count). The number of nitrogens with one attached hydrogen (secondary N) is 1. The van der Waals surface area contributed by atoms with Gasteiger partial charge in [0.05, 0.1) is 10.9 Å². The lowest BCUT2D eigenvalue weighted by Gasteiger charge is -2.16. The number of hydrogen-bond donors (Lipinski definition) is 1. The first-order valence-electron chi connectivity index (χ1n) is 6.22. The largest absolute Gasteiger partial charge is 0.248 e. The second-order valence-corrected chi connectivity index (χ2v) is 8.80. The molecule has 1 unspecified atom stereocenters. The zero-order valence-corrected chi connectivity index (χ0v) is 16.2. The molecule has 8 heteroatoms. The molecule has 0 radical (unpaired) electrons. The van der Waals surface area contributed by atoms with Gasteiger partial charge in [-0.2, -0.15) is 0 Å². The van der Waals surface area contributed by atoms with Gasteiger partial charge in [-0.25, -0.2) is 18.1 Å². The van der Waals surface area contributed by atoms with Crippen molar-refractivity contribution in [3.05, 3.63) is 43.2 Å². The zero-order valence-electron chi connectivity index (χ0n) is 11.4. The summed E-state index contributed by atoms with van der Waals surface area (Å²) in [5.74, 6) is 0. The highest BCUT2D eigenvalue weighted by molar-refractivity contribution is 9.11. The molecule has 2 aromatic rings. The maximum Gasteiger partial charge on any atom is 0.242 e. The van der Waals surface area contributed by atoms with E-state index in [9.17, 15) is 8.42 Å². The molecule has 1 aromatic heterocycles. The fourth-order valence-electron chi connectivity index (χ4n) is 1.80. The van der Waals surface area contributed by atoms with Crippen LogP contribution in [0, 0.1) is 6.92 Å². The second-order valence-electron chi connectivity index (χ2n) is 4.48. The van der Waals surface area contributed by atoms with Crippen LogP contribution in [0.3, 0.4) is 0 Å². The molecule has 0 saturated carbocycles. The number of aromatic nitrogens is 1. The first-order chi connectivity index (χ1) is 9.85. The fraction of sp³-hybridized carbons (Fsp3) is 0.308. The number of thiazole rings is 1. The zero-order chi connectivity index (χ0) is 15.6. The summed E-state index contributed by atoms with van der Waals surface area (Å²) in [6.07, 6.45) is 2.31. The quantitative estimate of drug-likeness (QED) is 0.729. The van der Waals surface area contributed by atoms with Crippen LogP contribution in [0.2, 0.25) is 0 Å². The molecule has 114 valence electrons. The molecule has 0 fully saturated rings. The summed E-state index contributed by atoms with van der Waals surface area (Å²) in [6.45, 7) is 3.83. The average Bonchev–Trinajstić information content (AvgIpc) is 2.94.